The van der Waals surface area contributed by atoms with Gasteiger partial charge in [-0.3, -0.25) is 9.36 Å². The minimum Gasteiger partial charge on any atom is -0.493 e. The number of carboxylic acids is 1. The Hall–Kier alpha value is -3.80. The van der Waals surface area contributed by atoms with E-state index in [1.54, 1.807) is 7.11 Å². The highest BCUT2D eigenvalue weighted by molar-refractivity contribution is 5.86. The molecule has 1 heterocycles. The normalized spacial score (nSPS) is 11.0. The highest BCUT2D eigenvalue weighted by Gasteiger charge is 2.18. The van der Waals surface area contributed by atoms with E-state index in [0.29, 0.717) is 24.5 Å². The van der Waals surface area contributed by atoms with Gasteiger partial charge in [0.15, 0.2) is 11.5 Å². The smallest absolute Gasteiger partial charge is 0.303 e. The van der Waals surface area contributed by atoms with Crippen molar-refractivity contribution in [2.75, 3.05) is 13.7 Å². The summed E-state index contributed by atoms with van der Waals surface area (Å²) < 4.78 is 13.8. The number of ether oxygens (including phenoxy) is 2. The van der Waals surface area contributed by atoms with Gasteiger partial charge < -0.3 is 14.6 Å². The van der Waals surface area contributed by atoms with Crippen molar-refractivity contribution in [3.63, 3.8) is 0 Å². The van der Waals surface area contributed by atoms with Crippen molar-refractivity contribution < 1.29 is 19.4 Å². The van der Waals surface area contributed by atoms with E-state index in [9.17, 15) is 4.79 Å². The molecular formula is C27H28N2O4. The number of methoxy groups -OCH3 is 1. The van der Waals surface area contributed by atoms with E-state index >= 15 is 0 Å². The van der Waals surface area contributed by atoms with Gasteiger partial charge in [0.2, 0.25) is 0 Å². The van der Waals surface area contributed by atoms with Gasteiger partial charge in [0.1, 0.15) is 5.82 Å². The first-order valence-corrected chi connectivity index (χ1v) is 11.1. The minimum atomic E-state index is -0.763. The summed E-state index contributed by atoms with van der Waals surface area (Å²) in [6.45, 7) is 2.56. The summed E-state index contributed by atoms with van der Waals surface area (Å²) in [5, 5.41) is 8.76. The quantitative estimate of drug-likeness (QED) is 0.302. The number of imidazole rings is 1. The molecule has 0 saturated carbocycles. The first-order chi connectivity index (χ1) is 16.1. The van der Waals surface area contributed by atoms with Crippen molar-refractivity contribution in [3.8, 4) is 28.6 Å². The van der Waals surface area contributed by atoms with Crippen LogP contribution in [0.15, 0.2) is 66.7 Å². The maximum absolute atomic E-state index is 10.7. The summed E-state index contributed by atoms with van der Waals surface area (Å²) in [4.78, 5) is 15.6. The molecule has 4 aromatic rings. The summed E-state index contributed by atoms with van der Waals surface area (Å²) >= 11 is 0. The Bertz CT molecular complexity index is 1230. The number of fused-ring (bicyclic) bond motifs is 1. The number of nitrogens with zero attached hydrogens (tertiary/aromatic N) is 2. The molecule has 33 heavy (non-hydrogen) atoms. The van der Waals surface area contributed by atoms with Crippen molar-refractivity contribution in [1.29, 1.82) is 0 Å². The Labute approximate surface area is 193 Å². The molecular weight excluding hydrogens is 416 g/mol. The van der Waals surface area contributed by atoms with Crippen molar-refractivity contribution in [2.45, 2.75) is 32.6 Å². The maximum atomic E-state index is 10.7. The molecule has 0 bridgehead atoms. The number of hydrogen-bond donors (Lipinski definition) is 1. The van der Waals surface area contributed by atoms with Gasteiger partial charge >= 0.3 is 5.97 Å². The first-order valence-electron chi connectivity index (χ1n) is 11.1. The molecule has 3 aromatic carbocycles. The molecule has 0 amide bonds. The fourth-order valence-electron chi connectivity index (χ4n) is 3.83. The fourth-order valence-corrected chi connectivity index (χ4v) is 3.83. The van der Waals surface area contributed by atoms with Crippen LogP contribution in [0.5, 0.6) is 11.5 Å². The van der Waals surface area contributed by atoms with Crippen molar-refractivity contribution in [1.82, 2.24) is 9.55 Å². The predicted octanol–water partition coefficient (Wildman–Crippen LogP) is 6.03. The maximum Gasteiger partial charge on any atom is 0.303 e. The van der Waals surface area contributed by atoms with Gasteiger partial charge in [0.05, 0.1) is 24.8 Å². The van der Waals surface area contributed by atoms with E-state index in [1.807, 2.05) is 30.3 Å². The molecule has 0 aliphatic heterocycles. The number of unbranched alkanes of at least 4 members (excludes halogenated alkanes) is 2. The number of aryl methyl sites for hydroxylation is 1. The molecule has 0 spiro atoms. The number of benzene rings is 3. The Morgan fingerprint density at radius 1 is 0.970 bits per heavy atom. The largest absolute Gasteiger partial charge is 0.493 e. The van der Waals surface area contributed by atoms with Crippen LogP contribution in [-0.2, 0) is 4.79 Å². The second kappa shape index (κ2) is 10.2. The average Bonchev–Trinajstić information content (AvgIpc) is 3.20. The van der Waals surface area contributed by atoms with E-state index in [4.69, 9.17) is 19.6 Å². The van der Waals surface area contributed by atoms with Gasteiger partial charge in [0, 0.05) is 29.8 Å². The van der Waals surface area contributed by atoms with Crippen LogP contribution in [0, 0.1) is 6.92 Å². The topological polar surface area (TPSA) is 73.6 Å². The van der Waals surface area contributed by atoms with E-state index in [-0.39, 0.29) is 6.42 Å². The third-order valence-electron chi connectivity index (χ3n) is 5.56. The number of aromatic nitrogens is 2. The van der Waals surface area contributed by atoms with Crippen molar-refractivity contribution in [2.24, 2.45) is 0 Å². The van der Waals surface area contributed by atoms with E-state index < -0.39 is 5.97 Å². The summed E-state index contributed by atoms with van der Waals surface area (Å²) in [7, 11) is 1.63. The molecule has 170 valence electrons. The summed E-state index contributed by atoms with van der Waals surface area (Å²) in [6.07, 6.45) is 2.42. The van der Waals surface area contributed by atoms with Gasteiger partial charge in [-0.15, -0.1) is 0 Å². The van der Waals surface area contributed by atoms with Gasteiger partial charge in [-0.1, -0.05) is 48.0 Å². The Kier molecular flexibility index (Phi) is 6.93. The summed E-state index contributed by atoms with van der Waals surface area (Å²) in [6, 6.07) is 22.4. The van der Waals surface area contributed by atoms with Crippen molar-refractivity contribution >= 4 is 17.0 Å². The molecule has 0 aliphatic carbocycles. The second-order valence-electron chi connectivity index (χ2n) is 8.02. The zero-order valence-corrected chi connectivity index (χ0v) is 19.0. The molecule has 6 nitrogen and oxygen atoms in total. The van der Waals surface area contributed by atoms with Crippen LogP contribution in [0.2, 0.25) is 0 Å². The van der Waals surface area contributed by atoms with Crippen LogP contribution >= 0.6 is 0 Å². The Balaban J connectivity index is 1.70. The number of rotatable bonds is 10. The molecule has 0 fully saturated rings. The molecule has 0 unspecified atom stereocenters. The van der Waals surface area contributed by atoms with Crippen LogP contribution < -0.4 is 9.47 Å². The summed E-state index contributed by atoms with van der Waals surface area (Å²) in [5.74, 6) is 1.36. The molecule has 6 heteroatoms. The average molecular weight is 445 g/mol. The zero-order chi connectivity index (χ0) is 23.2. The van der Waals surface area contributed by atoms with E-state index in [1.165, 1.54) is 5.56 Å². The standard InChI is InChI=1S/C27H28N2O4/c1-19-12-14-21(15-13-19)29-23-18-24(32-2)25(33-16-8-4-7-11-26(30)31)17-22(23)28-27(29)20-9-5-3-6-10-20/h3,5-6,9-10,12-15,17-18H,4,7-8,11,16H2,1-2H3,(H,30,31). The molecule has 1 aromatic heterocycles. The van der Waals surface area contributed by atoms with Crippen LogP contribution in [-0.4, -0.2) is 34.3 Å². The van der Waals surface area contributed by atoms with Gasteiger partial charge in [-0.2, -0.15) is 0 Å². The monoisotopic (exact) mass is 444 g/mol. The molecule has 0 atom stereocenters. The number of hydrogen-bond acceptors (Lipinski definition) is 4. The molecule has 0 radical (unpaired) electrons. The lowest BCUT2D eigenvalue weighted by molar-refractivity contribution is -0.137. The number of aliphatic carboxylic acids is 1. The van der Waals surface area contributed by atoms with Crippen LogP contribution in [0.4, 0.5) is 0 Å². The van der Waals surface area contributed by atoms with E-state index in [0.717, 1.165) is 41.0 Å². The lowest BCUT2D eigenvalue weighted by Crippen LogP contribution is -2.01. The Morgan fingerprint density at radius 3 is 2.42 bits per heavy atom. The first kappa shape index (κ1) is 22.4. The van der Waals surface area contributed by atoms with Crippen molar-refractivity contribution in [3.05, 3.63) is 72.3 Å². The zero-order valence-electron chi connectivity index (χ0n) is 19.0. The predicted molar refractivity (Wildman–Crippen MR) is 129 cm³/mol. The fraction of sp³-hybridized carbons (Fsp3) is 0.259. The van der Waals surface area contributed by atoms with Crippen LogP contribution in [0.1, 0.15) is 31.2 Å². The van der Waals surface area contributed by atoms with E-state index in [2.05, 4.69) is 47.9 Å². The third kappa shape index (κ3) is 5.17. The lowest BCUT2D eigenvalue weighted by atomic mass is 10.2. The lowest BCUT2D eigenvalue weighted by Gasteiger charge is -2.13. The molecule has 1 N–H and O–H groups in total. The summed E-state index contributed by atoms with van der Waals surface area (Å²) in [5.41, 5.74) is 4.99. The molecule has 0 saturated heterocycles. The van der Waals surface area contributed by atoms with Crippen LogP contribution in [0.3, 0.4) is 0 Å². The SMILES string of the molecule is COc1cc2c(cc1OCCCCCC(=O)O)nc(-c1ccccc1)n2-c1ccc(C)cc1. The highest BCUT2D eigenvalue weighted by Crippen LogP contribution is 2.36. The van der Waals surface area contributed by atoms with Gasteiger partial charge in [0.25, 0.3) is 0 Å². The number of carbonyl (C=O) groups is 1. The Morgan fingerprint density at radius 2 is 1.73 bits per heavy atom. The second-order valence-corrected chi connectivity index (χ2v) is 8.02. The van der Waals surface area contributed by atoms with Gasteiger partial charge in [-0.25, -0.2) is 4.98 Å². The third-order valence-corrected chi connectivity index (χ3v) is 5.56. The minimum absolute atomic E-state index is 0.188. The highest BCUT2D eigenvalue weighted by atomic mass is 16.5. The van der Waals surface area contributed by atoms with Crippen LogP contribution in [0.25, 0.3) is 28.1 Å². The number of carboxylic acid groups (broad SMARTS) is 1. The molecule has 0 aliphatic rings. The van der Waals surface area contributed by atoms with Gasteiger partial charge in [-0.05, 0) is 38.3 Å². The molecule has 4 rings (SSSR count).